The van der Waals surface area contributed by atoms with E-state index in [0.29, 0.717) is 24.3 Å². The van der Waals surface area contributed by atoms with E-state index in [1.165, 1.54) is 0 Å². The van der Waals surface area contributed by atoms with Crippen molar-refractivity contribution >= 4 is 34.5 Å². The third kappa shape index (κ3) is 3.40. The summed E-state index contributed by atoms with van der Waals surface area (Å²) in [7, 11) is 0. The van der Waals surface area contributed by atoms with E-state index in [1.807, 2.05) is 30.3 Å². The first-order valence-electron chi connectivity index (χ1n) is 7.36. The fraction of sp³-hybridized carbons (Fsp3) is 0.294. The first kappa shape index (κ1) is 16.0. The van der Waals surface area contributed by atoms with E-state index in [0.717, 1.165) is 15.8 Å². The molecule has 2 aromatic rings. The number of carbonyl (C=O) groups excluding carboxylic acids is 1. The van der Waals surface area contributed by atoms with Crippen LogP contribution in [0.2, 0.25) is 4.34 Å². The van der Waals surface area contributed by atoms with Gasteiger partial charge in [-0.05, 0) is 31.2 Å². The number of halogens is 1. The molecule has 0 spiro atoms. The van der Waals surface area contributed by atoms with Gasteiger partial charge in [0.25, 0.3) is 0 Å². The zero-order valence-electron chi connectivity index (χ0n) is 12.7. The van der Waals surface area contributed by atoms with Crippen molar-refractivity contribution in [2.75, 3.05) is 18.0 Å². The zero-order chi connectivity index (χ0) is 16.4. The lowest BCUT2D eigenvalue weighted by atomic mass is 10.1. The van der Waals surface area contributed by atoms with Crippen LogP contribution in [0.1, 0.15) is 17.4 Å². The lowest BCUT2D eigenvalue weighted by Gasteiger charge is -2.39. The van der Waals surface area contributed by atoms with Gasteiger partial charge in [-0.25, -0.2) is 0 Å². The third-order valence-corrected chi connectivity index (χ3v) is 5.23. The summed E-state index contributed by atoms with van der Waals surface area (Å²) in [6, 6.07) is 13.5. The van der Waals surface area contributed by atoms with Gasteiger partial charge < -0.3 is 4.90 Å². The van der Waals surface area contributed by atoms with Crippen LogP contribution in [-0.2, 0) is 11.3 Å². The number of hydrogen-bond acceptors (Lipinski definition) is 4. The molecule has 0 bridgehead atoms. The fourth-order valence-corrected chi connectivity index (χ4v) is 3.89. The van der Waals surface area contributed by atoms with Crippen LogP contribution in [0.3, 0.4) is 0 Å². The Labute approximate surface area is 144 Å². The summed E-state index contributed by atoms with van der Waals surface area (Å²) < 4.78 is 0.764. The van der Waals surface area contributed by atoms with Gasteiger partial charge in [-0.1, -0.05) is 23.7 Å². The molecule has 1 fully saturated rings. The van der Waals surface area contributed by atoms with Crippen LogP contribution in [0.25, 0.3) is 0 Å². The largest absolute Gasteiger partial charge is 0.308 e. The first-order chi connectivity index (χ1) is 11.1. The number of amides is 1. The average Bonchev–Trinajstić information content (AvgIpc) is 2.95. The molecule has 0 N–H and O–H groups in total. The van der Waals surface area contributed by atoms with Crippen molar-refractivity contribution in [2.45, 2.75) is 19.5 Å². The lowest BCUT2D eigenvalue weighted by molar-refractivity contribution is -0.122. The molecule has 118 valence electrons. The molecule has 2 heterocycles. The monoisotopic (exact) mass is 345 g/mol. The Morgan fingerprint density at radius 1 is 1.35 bits per heavy atom. The smallest absolute Gasteiger partial charge is 0.241 e. The van der Waals surface area contributed by atoms with E-state index in [2.05, 4.69) is 17.9 Å². The predicted molar refractivity (Wildman–Crippen MR) is 92.7 cm³/mol. The molecule has 4 nitrogen and oxygen atoms in total. The summed E-state index contributed by atoms with van der Waals surface area (Å²) in [6.45, 7) is 3.74. The van der Waals surface area contributed by atoms with Crippen molar-refractivity contribution < 1.29 is 4.79 Å². The number of rotatable bonds is 3. The van der Waals surface area contributed by atoms with Gasteiger partial charge in [-0.3, -0.25) is 9.69 Å². The number of thiophene rings is 1. The van der Waals surface area contributed by atoms with Gasteiger partial charge in [0.1, 0.15) is 6.07 Å². The standard InChI is InChI=1S/C17H16ClN3OS/c1-12-9-21(15-5-3-2-4-13(15)8-19)17(22)11-20(12)10-14-6-7-16(18)23-14/h2-7,12H,9-11H2,1H3/t12-/m0/s1. The van der Waals surface area contributed by atoms with Crippen LogP contribution in [0.15, 0.2) is 36.4 Å². The van der Waals surface area contributed by atoms with E-state index in [9.17, 15) is 10.1 Å². The summed E-state index contributed by atoms with van der Waals surface area (Å²) in [5.74, 6) is 0.0217. The number of piperazine rings is 1. The molecule has 1 aromatic carbocycles. The molecule has 1 aliphatic heterocycles. The van der Waals surface area contributed by atoms with Crippen molar-refractivity contribution in [3.63, 3.8) is 0 Å². The van der Waals surface area contributed by atoms with E-state index < -0.39 is 0 Å². The Balaban J connectivity index is 1.77. The highest BCUT2D eigenvalue weighted by atomic mass is 35.5. The van der Waals surface area contributed by atoms with Gasteiger partial charge in [0.05, 0.1) is 22.1 Å². The van der Waals surface area contributed by atoms with Gasteiger partial charge in [0.2, 0.25) is 5.91 Å². The molecule has 0 radical (unpaired) electrons. The van der Waals surface area contributed by atoms with E-state index >= 15 is 0 Å². The van der Waals surface area contributed by atoms with Gasteiger partial charge in [0, 0.05) is 24.0 Å². The average molecular weight is 346 g/mol. The molecule has 3 rings (SSSR count). The van der Waals surface area contributed by atoms with Gasteiger partial charge in [-0.15, -0.1) is 11.3 Å². The van der Waals surface area contributed by atoms with Crippen molar-refractivity contribution in [2.24, 2.45) is 0 Å². The Morgan fingerprint density at radius 3 is 2.83 bits per heavy atom. The highest BCUT2D eigenvalue weighted by Gasteiger charge is 2.31. The molecule has 23 heavy (non-hydrogen) atoms. The number of nitriles is 1. The molecular weight excluding hydrogens is 330 g/mol. The predicted octanol–water partition coefficient (Wildman–Crippen LogP) is 3.51. The topological polar surface area (TPSA) is 47.3 Å². The second kappa shape index (κ2) is 6.71. The normalized spacial score (nSPS) is 18.9. The molecule has 1 atom stereocenters. The quantitative estimate of drug-likeness (QED) is 0.855. The summed E-state index contributed by atoms with van der Waals surface area (Å²) >= 11 is 7.52. The van der Waals surface area contributed by atoms with Gasteiger partial charge >= 0.3 is 0 Å². The molecule has 6 heteroatoms. The van der Waals surface area contributed by atoms with Gasteiger partial charge in [0.15, 0.2) is 0 Å². The Kier molecular flexibility index (Phi) is 4.67. The maximum atomic E-state index is 12.6. The number of nitrogens with zero attached hydrogens (tertiary/aromatic N) is 3. The van der Waals surface area contributed by atoms with Crippen LogP contribution < -0.4 is 4.90 Å². The number of para-hydroxylation sites is 1. The summed E-state index contributed by atoms with van der Waals surface area (Å²) in [5, 5.41) is 9.24. The van der Waals surface area contributed by atoms with E-state index in [-0.39, 0.29) is 11.9 Å². The number of hydrogen-bond donors (Lipinski definition) is 0. The van der Waals surface area contributed by atoms with Crippen molar-refractivity contribution in [3.05, 3.63) is 51.2 Å². The summed E-state index contributed by atoms with van der Waals surface area (Å²) in [4.78, 5) is 17.6. The van der Waals surface area contributed by atoms with E-state index in [1.54, 1.807) is 22.3 Å². The molecule has 0 saturated carbocycles. The van der Waals surface area contributed by atoms with Crippen LogP contribution in [-0.4, -0.2) is 29.9 Å². The SMILES string of the molecule is C[C@H]1CN(c2ccccc2C#N)C(=O)CN1Cc1ccc(Cl)s1. The maximum absolute atomic E-state index is 12.6. The molecule has 0 unspecified atom stereocenters. The van der Waals surface area contributed by atoms with Crippen LogP contribution in [0.4, 0.5) is 5.69 Å². The zero-order valence-corrected chi connectivity index (χ0v) is 14.3. The number of anilines is 1. The lowest BCUT2D eigenvalue weighted by Crippen LogP contribution is -2.55. The molecule has 1 saturated heterocycles. The van der Waals surface area contributed by atoms with Crippen molar-refractivity contribution in [1.82, 2.24) is 4.90 Å². The second-order valence-electron chi connectivity index (χ2n) is 5.59. The summed E-state index contributed by atoms with van der Waals surface area (Å²) in [5.41, 5.74) is 1.23. The minimum absolute atomic E-state index is 0.0217. The van der Waals surface area contributed by atoms with Crippen molar-refractivity contribution in [1.29, 1.82) is 5.26 Å². The minimum atomic E-state index is 0.0217. The fourth-order valence-electron chi connectivity index (χ4n) is 2.78. The number of carbonyl (C=O) groups is 1. The van der Waals surface area contributed by atoms with E-state index in [4.69, 9.17) is 11.6 Å². The first-order valence-corrected chi connectivity index (χ1v) is 8.55. The molecule has 0 aliphatic carbocycles. The van der Waals surface area contributed by atoms with Crippen LogP contribution >= 0.6 is 22.9 Å². The highest BCUT2D eigenvalue weighted by molar-refractivity contribution is 7.16. The Morgan fingerprint density at radius 2 is 2.13 bits per heavy atom. The minimum Gasteiger partial charge on any atom is -0.308 e. The summed E-state index contributed by atoms with van der Waals surface area (Å²) in [6.07, 6.45) is 0. The van der Waals surface area contributed by atoms with Crippen molar-refractivity contribution in [3.8, 4) is 6.07 Å². The Hall–Kier alpha value is -1.87. The Bertz CT molecular complexity index is 767. The van der Waals surface area contributed by atoms with Gasteiger partial charge in [-0.2, -0.15) is 5.26 Å². The highest BCUT2D eigenvalue weighted by Crippen LogP contribution is 2.27. The molecular formula is C17H16ClN3OS. The molecule has 1 aromatic heterocycles. The maximum Gasteiger partial charge on any atom is 0.241 e. The second-order valence-corrected chi connectivity index (χ2v) is 7.39. The number of benzene rings is 1. The molecule has 1 amide bonds. The molecule has 1 aliphatic rings. The third-order valence-electron chi connectivity index (χ3n) is 4.01. The van der Waals surface area contributed by atoms with Crippen LogP contribution in [0.5, 0.6) is 0 Å². The van der Waals surface area contributed by atoms with Crippen LogP contribution in [0, 0.1) is 11.3 Å².